The second-order valence-electron chi connectivity index (χ2n) is 9.28. The Morgan fingerprint density at radius 3 is 2.61 bits per heavy atom. The van der Waals surface area contributed by atoms with Crippen LogP contribution in [0.3, 0.4) is 0 Å². The summed E-state index contributed by atoms with van der Waals surface area (Å²) in [5, 5.41) is 22.1. The van der Waals surface area contributed by atoms with E-state index in [2.05, 4.69) is 33.8 Å². The first-order valence-electron chi connectivity index (χ1n) is 9.20. The normalized spacial score (nSPS) is 48.3. The predicted molar refractivity (Wildman–Crippen MR) is 89.0 cm³/mol. The number of aliphatic hydroxyl groups is 2. The zero-order valence-corrected chi connectivity index (χ0v) is 14.7. The van der Waals surface area contributed by atoms with Crippen molar-refractivity contribution < 1.29 is 14.6 Å². The molecule has 4 rings (SSSR count). The summed E-state index contributed by atoms with van der Waals surface area (Å²) in [5.74, 6) is 2.02. The molecule has 0 amide bonds. The zero-order chi connectivity index (χ0) is 16.6. The van der Waals surface area contributed by atoms with Crippen molar-refractivity contribution in [3.8, 4) is 0 Å². The first-order chi connectivity index (χ1) is 10.8. The average molecular weight is 318 g/mol. The van der Waals surface area contributed by atoms with Crippen molar-refractivity contribution in [3.05, 3.63) is 23.7 Å². The Bertz CT molecular complexity index is 604. The van der Waals surface area contributed by atoms with Crippen molar-refractivity contribution in [3.63, 3.8) is 0 Å². The van der Waals surface area contributed by atoms with Crippen LogP contribution in [0.5, 0.6) is 0 Å². The second kappa shape index (κ2) is 4.86. The minimum atomic E-state index is -0.631. The van der Waals surface area contributed by atoms with E-state index in [1.807, 2.05) is 0 Å². The van der Waals surface area contributed by atoms with Crippen LogP contribution in [0, 0.1) is 28.6 Å². The Balaban J connectivity index is 1.83. The summed E-state index contributed by atoms with van der Waals surface area (Å²) in [5.41, 5.74) is 1.38. The number of hydrogen-bond donors (Lipinski definition) is 2. The lowest BCUT2D eigenvalue weighted by atomic mass is 9.42. The molecule has 1 aromatic rings. The van der Waals surface area contributed by atoms with Gasteiger partial charge < -0.3 is 14.6 Å². The van der Waals surface area contributed by atoms with Gasteiger partial charge in [0.05, 0.1) is 18.5 Å². The van der Waals surface area contributed by atoms with E-state index in [1.54, 1.807) is 6.26 Å². The summed E-state index contributed by atoms with van der Waals surface area (Å²) in [6.45, 7) is 9.11. The lowest BCUT2D eigenvalue weighted by Crippen LogP contribution is -2.64. The van der Waals surface area contributed by atoms with Gasteiger partial charge in [0.1, 0.15) is 5.76 Å². The highest BCUT2D eigenvalue weighted by molar-refractivity contribution is 5.30. The number of hydrogen-bond acceptors (Lipinski definition) is 3. The predicted octanol–water partition coefficient (Wildman–Crippen LogP) is 3.74. The van der Waals surface area contributed by atoms with Crippen molar-refractivity contribution in [2.24, 2.45) is 28.6 Å². The van der Waals surface area contributed by atoms with Crippen molar-refractivity contribution >= 4 is 0 Å². The average Bonchev–Trinajstić information content (AvgIpc) is 2.93. The lowest BCUT2D eigenvalue weighted by molar-refractivity contribution is -0.216. The summed E-state index contributed by atoms with van der Waals surface area (Å²) >= 11 is 0. The molecule has 2 fully saturated rings. The van der Waals surface area contributed by atoms with Crippen LogP contribution in [0.4, 0.5) is 0 Å². The molecular weight excluding hydrogens is 288 g/mol. The van der Waals surface area contributed by atoms with Crippen LogP contribution in [0.15, 0.2) is 16.7 Å². The Morgan fingerprint density at radius 1 is 1.13 bits per heavy atom. The summed E-state index contributed by atoms with van der Waals surface area (Å²) in [4.78, 5) is 0. The van der Waals surface area contributed by atoms with E-state index in [9.17, 15) is 10.2 Å². The smallest absolute Gasteiger partial charge is 0.107 e. The van der Waals surface area contributed by atoms with Crippen molar-refractivity contribution in [1.29, 1.82) is 0 Å². The van der Waals surface area contributed by atoms with E-state index in [0.717, 1.165) is 25.0 Å². The van der Waals surface area contributed by atoms with E-state index in [-0.39, 0.29) is 28.6 Å². The van der Waals surface area contributed by atoms with E-state index in [4.69, 9.17) is 4.42 Å². The monoisotopic (exact) mass is 318 g/mol. The summed E-state index contributed by atoms with van der Waals surface area (Å²) < 4.78 is 5.77. The molecule has 3 aliphatic carbocycles. The van der Waals surface area contributed by atoms with Crippen LogP contribution >= 0.6 is 0 Å². The summed E-state index contributed by atoms with van der Waals surface area (Å²) in [7, 11) is 0. The van der Waals surface area contributed by atoms with Gasteiger partial charge >= 0.3 is 0 Å². The van der Waals surface area contributed by atoms with Gasteiger partial charge in [-0.05, 0) is 59.0 Å². The third-order valence-electron chi connectivity index (χ3n) is 7.74. The standard InChI is InChI=1S/C20H30O3/c1-11-12-6-9-23-14(12)10-13-15(11)16(21)17(22)18-19(2,3)7-5-8-20(13,18)4/h6,9,11,13,15-18,21-22H,5,7-8,10H2,1-4H3/t11-,13-,15-,16-,17+,18+,20-/m1/s1. The van der Waals surface area contributed by atoms with Gasteiger partial charge in [-0.3, -0.25) is 0 Å². The number of fused-ring (bicyclic) bond motifs is 4. The van der Waals surface area contributed by atoms with Crippen LogP contribution in [0.25, 0.3) is 0 Å². The van der Waals surface area contributed by atoms with Gasteiger partial charge in [-0.15, -0.1) is 0 Å². The third kappa shape index (κ3) is 1.96. The van der Waals surface area contributed by atoms with Gasteiger partial charge in [0.2, 0.25) is 0 Å². The minimum Gasteiger partial charge on any atom is -0.469 e. The van der Waals surface area contributed by atoms with Gasteiger partial charge in [0.25, 0.3) is 0 Å². The molecule has 3 aliphatic rings. The second-order valence-corrected chi connectivity index (χ2v) is 9.28. The molecule has 128 valence electrons. The molecule has 0 aromatic carbocycles. The van der Waals surface area contributed by atoms with E-state index < -0.39 is 12.2 Å². The summed E-state index contributed by atoms with van der Waals surface area (Å²) in [6, 6.07) is 2.05. The molecule has 0 unspecified atom stereocenters. The topological polar surface area (TPSA) is 53.6 Å². The molecule has 0 saturated heterocycles. The molecule has 0 radical (unpaired) electrons. The first-order valence-corrected chi connectivity index (χ1v) is 9.20. The highest BCUT2D eigenvalue weighted by atomic mass is 16.3. The van der Waals surface area contributed by atoms with E-state index in [0.29, 0.717) is 5.92 Å². The number of furan rings is 1. The Labute approximate surface area is 139 Å². The molecule has 0 spiro atoms. The number of rotatable bonds is 0. The fourth-order valence-corrected chi connectivity index (χ4v) is 6.84. The molecule has 0 aliphatic heterocycles. The molecular formula is C20H30O3. The maximum absolute atomic E-state index is 11.1. The SMILES string of the molecule is C[C@@H]1c2ccoc2C[C@@H]2[C@@H]1[C@@H](O)[C@H](O)[C@H]1C(C)(C)CCC[C@]21C. The van der Waals surface area contributed by atoms with Crippen LogP contribution in [0.1, 0.15) is 64.2 Å². The molecule has 7 atom stereocenters. The van der Waals surface area contributed by atoms with Gasteiger partial charge in [0.15, 0.2) is 0 Å². The maximum Gasteiger partial charge on any atom is 0.107 e. The molecule has 3 nitrogen and oxygen atoms in total. The van der Waals surface area contributed by atoms with Crippen LogP contribution in [-0.2, 0) is 6.42 Å². The van der Waals surface area contributed by atoms with Crippen molar-refractivity contribution in [2.75, 3.05) is 0 Å². The fraction of sp³-hybridized carbons (Fsp3) is 0.800. The Kier molecular flexibility index (Phi) is 3.32. The molecule has 1 heterocycles. The van der Waals surface area contributed by atoms with Gasteiger partial charge in [-0.2, -0.15) is 0 Å². The first kappa shape index (κ1) is 15.7. The summed E-state index contributed by atoms with van der Waals surface area (Å²) in [6.07, 6.45) is 4.94. The van der Waals surface area contributed by atoms with Gasteiger partial charge in [-0.25, -0.2) is 0 Å². The molecule has 3 heteroatoms. The highest BCUT2D eigenvalue weighted by Crippen LogP contribution is 2.64. The van der Waals surface area contributed by atoms with Gasteiger partial charge in [0, 0.05) is 6.42 Å². The molecule has 0 bridgehead atoms. The Hall–Kier alpha value is -0.800. The maximum atomic E-state index is 11.1. The largest absolute Gasteiger partial charge is 0.469 e. The third-order valence-corrected chi connectivity index (χ3v) is 7.74. The van der Waals surface area contributed by atoms with Crippen LogP contribution < -0.4 is 0 Å². The fourth-order valence-electron chi connectivity index (χ4n) is 6.84. The number of aliphatic hydroxyl groups excluding tert-OH is 2. The van der Waals surface area contributed by atoms with E-state index in [1.165, 1.54) is 12.0 Å². The van der Waals surface area contributed by atoms with Gasteiger partial charge in [-0.1, -0.05) is 34.1 Å². The van der Waals surface area contributed by atoms with Crippen LogP contribution in [-0.4, -0.2) is 22.4 Å². The van der Waals surface area contributed by atoms with Crippen molar-refractivity contribution in [2.45, 2.75) is 71.5 Å². The molecule has 2 saturated carbocycles. The van der Waals surface area contributed by atoms with Crippen molar-refractivity contribution in [1.82, 2.24) is 0 Å². The quantitative estimate of drug-likeness (QED) is 0.766. The van der Waals surface area contributed by atoms with E-state index >= 15 is 0 Å². The zero-order valence-electron chi connectivity index (χ0n) is 14.7. The Morgan fingerprint density at radius 2 is 1.87 bits per heavy atom. The minimum absolute atomic E-state index is 0.0732. The lowest BCUT2D eigenvalue weighted by Gasteiger charge is -2.64. The van der Waals surface area contributed by atoms with Crippen LogP contribution in [0.2, 0.25) is 0 Å². The molecule has 1 aromatic heterocycles. The molecule has 23 heavy (non-hydrogen) atoms. The molecule has 2 N–H and O–H groups in total. The highest BCUT2D eigenvalue weighted by Gasteiger charge is 2.63.